The van der Waals surface area contributed by atoms with Crippen molar-refractivity contribution in [1.82, 2.24) is 9.55 Å². The van der Waals surface area contributed by atoms with Crippen molar-refractivity contribution in [3.63, 3.8) is 0 Å². The molecule has 19 heavy (non-hydrogen) atoms. The Bertz CT molecular complexity index is 777. The van der Waals surface area contributed by atoms with E-state index in [-0.39, 0.29) is 5.75 Å². The Morgan fingerprint density at radius 3 is 2.74 bits per heavy atom. The first-order chi connectivity index (χ1) is 9.08. The van der Waals surface area contributed by atoms with E-state index in [1.54, 1.807) is 6.07 Å². The van der Waals surface area contributed by atoms with Crippen molar-refractivity contribution < 1.29 is 5.11 Å². The van der Waals surface area contributed by atoms with Gasteiger partial charge >= 0.3 is 0 Å². The number of aryl methyl sites for hydroxylation is 2. The van der Waals surface area contributed by atoms with E-state index in [0.29, 0.717) is 0 Å². The number of phenolic OH excluding ortho intramolecular Hbond substituents is 1. The first kappa shape index (κ1) is 12.2. The monoisotopic (exact) mass is 316 g/mol. The number of benzene rings is 2. The van der Waals surface area contributed by atoms with Crippen LogP contribution < -0.4 is 0 Å². The molecule has 0 atom stereocenters. The molecule has 0 aliphatic heterocycles. The molecule has 0 saturated heterocycles. The number of aromatic nitrogens is 2. The van der Waals surface area contributed by atoms with Gasteiger partial charge in [0, 0.05) is 11.5 Å². The minimum Gasteiger partial charge on any atom is -0.507 e. The van der Waals surface area contributed by atoms with Crippen LogP contribution in [0.5, 0.6) is 5.75 Å². The summed E-state index contributed by atoms with van der Waals surface area (Å²) in [6.07, 6.45) is 0. The lowest BCUT2D eigenvalue weighted by Gasteiger charge is -2.06. The molecule has 3 rings (SSSR count). The highest BCUT2D eigenvalue weighted by molar-refractivity contribution is 9.10. The van der Waals surface area contributed by atoms with E-state index in [1.807, 2.05) is 35.9 Å². The predicted molar refractivity (Wildman–Crippen MR) is 80.3 cm³/mol. The molecule has 0 radical (unpaired) electrons. The van der Waals surface area contributed by atoms with E-state index >= 15 is 0 Å². The first-order valence-corrected chi connectivity index (χ1v) is 6.78. The summed E-state index contributed by atoms with van der Waals surface area (Å²) in [5.41, 5.74) is 3.94. The lowest BCUT2D eigenvalue weighted by molar-refractivity contribution is 0.476. The van der Waals surface area contributed by atoms with Gasteiger partial charge in [0.1, 0.15) is 11.6 Å². The van der Waals surface area contributed by atoms with E-state index in [9.17, 15) is 5.11 Å². The van der Waals surface area contributed by atoms with Crippen molar-refractivity contribution in [2.45, 2.75) is 6.92 Å². The number of hydrogen-bond acceptors (Lipinski definition) is 2. The van der Waals surface area contributed by atoms with Gasteiger partial charge in [-0.3, -0.25) is 0 Å². The van der Waals surface area contributed by atoms with Crippen molar-refractivity contribution in [1.29, 1.82) is 0 Å². The fourth-order valence-electron chi connectivity index (χ4n) is 2.39. The molecule has 0 saturated carbocycles. The van der Waals surface area contributed by atoms with E-state index in [4.69, 9.17) is 0 Å². The Morgan fingerprint density at radius 1 is 1.21 bits per heavy atom. The van der Waals surface area contributed by atoms with Gasteiger partial charge in [0.05, 0.1) is 16.6 Å². The molecule has 2 aromatic carbocycles. The Balaban J connectivity index is 2.34. The highest BCUT2D eigenvalue weighted by Gasteiger charge is 2.14. The topological polar surface area (TPSA) is 38.1 Å². The molecular formula is C15H13BrN2O. The summed E-state index contributed by atoms with van der Waals surface area (Å²) >= 11 is 3.43. The number of phenols is 1. The van der Waals surface area contributed by atoms with Crippen molar-refractivity contribution in [2.75, 3.05) is 0 Å². The van der Waals surface area contributed by atoms with E-state index in [2.05, 4.69) is 33.9 Å². The van der Waals surface area contributed by atoms with Gasteiger partial charge in [-0.2, -0.15) is 0 Å². The molecule has 0 aliphatic carbocycles. The zero-order chi connectivity index (χ0) is 13.6. The molecule has 0 amide bonds. The largest absolute Gasteiger partial charge is 0.507 e. The van der Waals surface area contributed by atoms with Crippen molar-refractivity contribution in [3.05, 3.63) is 46.4 Å². The lowest BCUT2D eigenvalue weighted by atomic mass is 10.2. The minimum atomic E-state index is 0.235. The molecule has 3 nitrogen and oxygen atoms in total. The van der Waals surface area contributed by atoms with E-state index in [0.717, 1.165) is 26.9 Å². The third-order valence-corrected chi connectivity index (χ3v) is 3.79. The van der Waals surface area contributed by atoms with Crippen LogP contribution in [0.15, 0.2) is 40.9 Å². The van der Waals surface area contributed by atoms with Crippen LogP contribution in [0.3, 0.4) is 0 Å². The number of para-hydroxylation sites is 1. The third-order valence-electron chi connectivity index (χ3n) is 3.30. The third kappa shape index (κ3) is 1.92. The first-order valence-electron chi connectivity index (χ1n) is 5.99. The van der Waals surface area contributed by atoms with Gasteiger partial charge in [0.25, 0.3) is 0 Å². The highest BCUT2D eigenvalue weighted by Crippen LogP contribution is 2.33. The molecule has 1 heterocycles. The smallest absolute Gasteiger partial charge is 0.144 e. The van der Waals surface area contributed by atoms with Crippen LogP contribution in [0.25, 0.3) is 22.4 Å². The van der Waals surface area contributed by atoms with Crippen LogP contribution in [0.1, 0.15) is 5.56 Å². The standard InChI is InChI=1S/C15H13BrN2O/c1-9-4-3-5-12-14(9)18(2)15(17-12)11-8-10(16)6-7-13(11)19/h3-8,19H,1-2H3. The van der Waals surface area contributed by atoms with Crippen LogP contribution in [-0.2, 0) is 7.05 Å². The number of hydrogen-bond donors (Lipinski definition) is 1. The lowest BCUT2D eigenvalue weighted by Crippen LogP contribution is -1.94. The Labute approximate surface area is 119 Å². The maximum atomic E-state index is 10.0. The van der Waals surface area contributed by atoms with Gasteiger partial charge < -0.3 is 9.67 Å². The Morgan fingerprint density at radius 2 is 2.00 bits per heavy atom. The van der Waals surface area contributed by atoms with Gasteiger partial charge in [-0.25, -0.2) is 4.98 Å². The molecule has 96 valence electrons. The minimum absolute atomic E-state index is 0.235. The van der Waals surface area contributed by atoms with Crippen LogP contribution in [0.2, 0.25) is 0 Å². The average Bonchev–Trinajstić information content (AvgIpc) is 2.71. The Kier molecular flexibility index (Phi) is 2.82. The van der Waals surface area contributed by atoms with Gasteiger partial charge in [0.2, 0.25) is 0 Å². The summed E-state index contributed by atoms with van der Waals surface area (Å²) < 4.78 is 2.94. The van der Waals surface area contributed by atoms with Crippen molar-refractivity contribution in [3.8, 4) is 17.1 Å². The summed E-state index contributed by atoms with van der Waals surface area (Å²) in [7, 11) is 1.97. The molecule has 0 bridgehead atoms. The van der Waals surface area contributed by atoms with E-state index in [1.165, 1.54) is 5.56 Å². The quantitative estimate of drug-likeness (QED) is 0.736. The van der Waals surface area contributed by atoms with Crippen molar-refractivity contribution >= 4 is 27.0 Å². The van der Waals surface area contributed by atoms with Crippen molar-refractivity contribution in [2.24, 2.45) is 7.05 Å². The summed E-state index contributed by atoms with van der Waals surface area (Å²) in [6, 6.07) is 11.4. The highest BCUT2D eigenvalue weighted by atomic mass is 79.9. The second-order valence-corrected chi connectivity index (χ2v) is 5.51. The van der Waals surface area contributed by atoms with Gasteiger partial charge in [-0.15, -0.1) is 0 Å². The van der Waals surface area contributed by atoms with Gasteiger partial charge in [-0.1, -0.05) is 28.1 Å². The fourth-order valence-corrected chi connectivity index (χ4v) is 2.75. The molecule has 3 aromatic rings. The second-order valence-electron chi connectivity index (χ2n) is 4.60. The molecule has 4 heteroatoms. The second kappa shape index (κ2) is 4.38. The van der Waals surface area contributed by atoms with Crippen LogP contribution >= 0.6 is 15.9 Å². The Hall–Kier alpha value is -1.81. The molecule has 0 spiro atoms. The normalized spacial score (nSPS) is 11.1. The summed E-state index contributed by atoms with van der Waals surface area (Å²) in [5, 5.41) is 10.0. The molecule has 0 unspecified atom stereocenters. The molecule has 0 aliphatic rings. The van der Waals surface area contributed by atoms with Crippen LogP contribution in [0.4, 0.5) is 0 Å². The number of fused-ring (bicyclic) bond motifs is 1. The molecular weight excluding hydrogens is 304 g/mol. The zero-order valence-electron chi connectivity index (χ0n) is 10.7. The maximum absolute atomic E-state index is 10.0. The molecule has 1 N–H and O–H groups in total. The molecule has 1 aromatic heterocycles. The fraction of sp³-hybridized carbons (Fsp3) is 0.133. The number of imidazole rings is 1. The van der Waals surface area contributed by atoms with Gasteiger partial charge in [0.15, 0.2) is 0 Å². The number of halogens is 1. The number of aromatic hydroxyl groups is 1. The SMILES string of the molecule is Cc1cccc2nc(-c3cc(Br)ccc3O)n(C)c12. The maximum Gasteiger partial charge on any atom is 0.144 e. The van der Waals surface area contributed by atoms with Crippen LogP contribution in [0, 0.1) is 6.92 Å². The van der Waals surface area contributed by atoms with Gasteiger partial charge in [-0.05, 0) is 36.8 Å². The summed E-state index contributed by atoms with van der Waals surface area (Å²) in [5.74, 6) is 1.00. The molecule has 0 fully saturated rings. The number of nitrogens with zero attached hydrogens (tertiary/aromatic N) is 2. The average molecular weight is 317 g/mol. The summed E-state index contributed by atoms with van der Waals surface area (Å²) in [6.45, 7) is 2.06. The zero-order valence-corrected chi connectivity index (χ0v) is 12.3. The predicted octanol–water partition coefficient (Wildman–Crippen LogP) is 4.02. The summed E-state index contributed by atoms with van der Waals surface area (Å²) in [4.78, 5) is 4.63. The van der Waals surface area contributed by atoms with Crippen LogP contribution in [-0.4, -0.2) is 14.7 Å². The number of rotatable bonds is 1. The van der Waals surface area contributed by atoms with E-state index < -0.39 is 0 Å².